The third kappa shape index (κ3) is 2.48. The molecule has 1 aromatic carbocycles. The van der Waals surface area contributed by atoms with Gasteiger partial charge in [0.1, 0.15) is 5.82 Å². The second kappa shape index (κ2) is 4.70. The van der Waals surface area contributed by atoms with Crippen LogP contribution in [0.5, 0.6) is 5.88 Å². The lowest BCUT2D eigenvalue weighted by atomic mass is 10.1. The molecule has 90 valence electrons. The van der Waals surface area contributed by atoms with Crippen LogP contribution in [0.4, 0.5) is 0 Å². The molecule has 2 aromatic rings. The number of H-pyrrole nitrogens is 1. The number of aromatic amines is 1. The van der Waals surface area contributed by atoms with E-state index < -0.39 is 0 Å². The number of benzene rings is 1. The van der Waals surface area contributed by atoms with Crippen molar-refractivity contribution < 1.29 is 5.11 Å². The summed E-state index contributed by atoms with van der Waals surface area (Å²) in [6.07, 6.45) is 0. The Balaban J connectivity index is 2.46. The van der Waals surface area contributed by atoms with Gasteiger partial charge in [0.15, 0.2) is 0 Å². The summed E-state index contributed by atoms with van der Waals surface area (Å²) in [6, 6.07) is 5.51. The number of rotatable bonds is 2. The summed E-state index contributed by atoms with van der Waals surface area (Å²) in [4.78, 5) is 7.23. The number of halogens is 2. The topological polar surface area (TPSA) is 48.9 Å². The second-order valence-electron chi connectivity index (χ2n) is 4.11. The maximum atomic E-state index is 9.71. The van der Waals surface area contributed by atoms with E-state index in [2.05, 4.69) is 25.9 Å². The average molecular weight is 316 g/mol. The molecule has 0 aliphatic carbocycles. The summed E-state index contributed by atoms with van der Waals surface area (Å²) in [5.41, 5.74) is 1.62. The van der Waals surface area contributed by atoms with Gasteiger partial charge >= 0.3 is 0 Å². The Morgan fingerprint density at radius 2 is 2.12 bits per heavy atom. The highest BCUT2D eigenvalue weighted by atomic mass is 79.9. The molecule has 0 unspecified atom stereocenters. The lowest BCUT2D eigenvalue weighted by Crippen LogP contribution is -1.87. The summed E-state index contributed by atoms with van der Waals surface area (Å²) in [5.74, 6) is 0.900. The van der Waals surface area contributed by atoms with E-state index in [1.165, 1.54) is 0 Å². The molecule has 0 saturated carbocycles. The molecule has 2 rings (SSSR count). The fourth-order valence-corrected chi connectivity index (χ4v) is 2.06. The van der Waals surface area contributed by atoms with Crippen molar-refractivity contribution in [1.82, 2.24) is 9.97 Å². The number of imidazole rings is 1. The van der Waals surface area contributed by atoms with Gasteiger partial charge in [0.05, 0.1) is 10.7 Å². The highest BCUT2D eigenvalue weighted by molar-refractivity contribution is 9.10. The normalized spacial score (nSPS) is 11.1. The summed E-state index contributed by atoms with van der Waals surface area (Å²) < 4.78 is 0.804. The SMILES string of the molecule is CC(C)c1[nH]c(-c2ccc(Cl)c(Br)c2)nc1O. The molecule has 0 amide bonds. The molecule has 0 bridgehead atoms. The van der Waals surface area contributed by atoms with Crippen LogP contribution in [-0.2, 0) is 0 Å². The third-order valence-electron chi connectivity index (χ3n) is 2.48. The average Bonchev–Trinajstić information content (AvgIpc) is 2.64. The molecule has 5 heteroatoms. The van der Waals surface area contributed by atoms with Crippen molar-refractivity contribution in [3.63, 3.8) is 0 Å². The molecule has 0 aliphatic heterocycles. The standard InChI is InChI=1S/C12H12BrClN2O/c1-6(2)10-12(17)16-11(15-10)7-3-4-9(14)8(13)5-7/h3-6,17H,1-2H3,(H,15,16). The number of hydrogen-bond donors (Lipinski definition) is 2. The first-order valence-corrected chi connectivity index (χ1v) is 6.40. The largest absolute Gasteiger partial charge is 0.492 e. The van der Waals surface area contributed by atoms with Crippen molar-refractivity contribution in [3.8, 4) is 17.3 Å². The molecule has 3 nitrogen and oxygen atoms in total. The fourth-order valence-electron chi connectivity index (χ4n) is 1.56. The second-order valence-corrected chi connectivity index (χ2v) is 5.37. The number of aromatic hydroxyl groups is 1. The van der Waals surface area contributed by atoms with Crippen molar-refractivity contribution in [2.75, 3.05) is 0 Å². The van der Waals surface area contributed by atoms with Crippen LogP contribution in [0.15, 0.2) is 22.7 Å². The molecule has 0 atom stereocenters. The summed E-state index contributed by atoms with van der Waals surface area (Å²) in [7, 11) is 0. The summed E-state index contributed by atoms with van der Waals surface area (Å²) in [5, 5.41) is 10.4. The maximum absolute atomic E-state index is 9.71. The lowest BCUT2D eigenvalue weighted by molar-refractivity contribution is 0.446. The van der Waals surface area contributed by atoms with Crippen LogP contribution in [0, 0.1) is 0 Å². The van der Waals surface area contributed by atoms with Crippen molar-refractivity contribution in [2.24, 2.45) is 0 Å². The van der Waals surface area contributed by atoms with E-state index in [1.54, 1.807) is 6.07 Å². The van der Waals surface area contributed by atoms with Crippen LogP contribution in [0.2, 0.25) is 5.02 Å². The first-order valence-electron chi connectivity index (χ1n) is 5.23. The minimum absolute atomic E-state index is 0.0565. The Morgan fingerprint density at radius 3 is 2.65 bits per heavy atom. The molecule has 0 radical (unpaired) electrons. The Labute approximate surface area is 113 Å². The Kier molecular flexibility index (Phi) is 3.45. The van der Waals surface area contributed by atoms with Crippen LogP contribution in [0.25, 0.3) is 11.4 Å². The van der Waals surface area contributed by atoms with Gasteiger partial charge in [-0.1, -0.05) is 25.4 Å². The van der Waals surface area contributed by atoms with Gasteiger partial charge in [-0.25, -0.2) is 0 Å². The zero-order chi connectivity index (χ0) is 12.6. The van der Waals surface area contributed by atoms with Gasteiger partial charge in [-0.15, -0.1) is 0 Å². The smallest absolute Gasteiger partial charge is 0.233 e. The first-order chi connectivity index (χ1) is 7.99. The molecule has 1 aromatic heterocycles. The van der Waals surface area contributed by atoms with Gasteiger partial charge in [-0.05, 0) is 40.0 Å². The summed E-state index contributed by atoms with van der Waals surface area (Å²) in [6.45, 7) is 3.99. The van der Waals surface area contributed by atoms with E-state index >= 15 is 0 Å². The number of nitrogens with one attached hydrogen (secondary N) is 1. The predicted molar refractivity (Wildman–Crippen MR) is 72.5 cm³/mol. The highest BCUT2D eigenvalue weighted by Crippen LogP contribution is 2.31. The monoisotopic (exact) mass is 314 g/mol. The van der Waals surface area contributed by atoms with Crippen LogP contribution in [0.3, 0.4) is 0 Å². The predicted octanol–water partition coefficient (Wildman–Crippen LogP) is 4.32. The third-order valence-corrected chi connectivity index (χ3v) is 3.70. The number of aromatic nitrogens is 2. The minimum atomic E-state index is 0.0565. The van der Waals surface area contributed by atoms with Gasteiger partial charge in [0.25, 0.3) is 0 Å². The van der Waals surface area contributed by atoms with Gasteiger partial charge < -0.3 is 10.1 Å². The first kappa shape index (κ1) is 12.5. The molecular weight excluding hydrogens is 304 g/mol. The summed E-state index contributed by atoms with van der Waals surface area (Å²) >= 11 is 9.29. The molecule has 0 saturated heterocycles. The zero-order valence-corrected chi connectivity index (χ0v) is 11.8. The van der Waals surface area contributed by atoms with Gasteiger partial charge in [0.2, 0.25) is 5.88 Å². The zero-order valence-electron chi connectivity index (χ0n) is 9.46. The number of hydrogen-bond acceptors (Lipinski definition) is 2. The van der Waals surface area contributed by atoms with E-state index in [9.17, 15) is 5.11 Å². The van der Waals surface area contributed by atoms with Crippen LogP contribution >= 0.6 is 27.5 Å². The van der Waals surface area contributed by atoms with E-state index in [0.29, 0.717) is 10.8 Å². The van der Waals surface area contributed by atoms with E-state index in [1.807, 2.05) is 26.0 Å². The highest BCUT2D eigenvalue weighted by Gasteiger charge is 2.13. The Morgan fingerprint density at radius 1 is 1.41 bits per heavy atom. The fraction of sp³-hybridized carbons (Fsp3) is 0.250. The van der Waals surface area contributed by atoms with Gasteiger partial charge in [-0.2, -0.15) is 4.98 Å². The molecular formula is C12H12BrClN2O. The maximum Gasteiger partial charge on any atom is 0.233 e. The van der Waals surface area contributed by atoms with Crippen LogP contribution < -0.4 is 0 Å². The molecule has 0 aliphatic rings. The van der Waals surface area contributed by atoms with Crippen molar-refractivity contribution in [3.05, 3.63) is 33.4 Å². The van der Waals surface area contributed by atoms with Crippen molar-refractivity contribution >= 4 is 27.5 Å². The molecule has 0 fully saturated rings. The molecule has 1 heterocycles. The quantitative estimate of drug-likeness (QED) is 0.867. The van der Waals surface area contributed by atoms with Crippen LogP contribution in [-0.4, -0.2) is 15.1 Å². The molecule has 2 N–H and O–H groups in total. The Bertz CT molecular complexity index is 551. The molecule has 17 heavy (non-hydrogen) atoms. The van der Waals surface area contributed by atoms with Gasteiger partial charge in [-0.3, -0.25) is 0 Å². The van der Waals surface area contributed by atoms with E-state index in [0.717, 1.165) is 15.7 Å². The van der Waals surface area contributed by atoms with Crippen LogP contribution in [0.1, 0.15) is 25.5 Å². The van der Waals surface area contributed by atoms with E-state index in [4.69, 9.17) is 11.6 Å². The van der Waals surface area contributed by atoms with E-state index in [-0.39, 0.29) is 11.8 Å². The number of nitrogens with zero attached hydrogens (tertiary/aromatic N) is 1. The van der Waals surface area contributed by atoms with Crippen molar-refractivity contribution in [2.45, 2.75) is 19.8 Å². The lowest BCUT2D eigenvalue weighted by Gasteiger charge is -2.01. The Hall–Kier alpha value is -1.00. The minimum Gasteiger partial charge on any atom is -0.492 e. The molecule has 0 spiro atoms. The van der Waals surface area contributed by atoms with Crippen molar-refractivity contribution in [1.29, 1.82) is 0 Å². The van der Waals surface area contributed by atoms with Gasteiger partial charge in [0, 0.05) is 10.0 Å².